The first-order valence-corrected chi connectivity index (χ1v) is 23.9. The number of hydrogen-bond acceptors (Lipinski definition) is 11. The first-order chi connectivity index (χ1) is 36.7. The van der Waals surface area contributed by atoms with E-state index in [1.165, 1.54) is 22.3 Å². The predicted molar refractivity (Wildman–Crippen MR) is 304 cm³/mol. The fourth-order valence-electron chi connectivity index (χ4n) is 4.49. The highest BCUT2D eigenvalue weighted by atomic mass is 15.2. The molecule has 1 aromatic carbocycles. The van der Waals surface area contributed by atoms with Gasteiger partial charge < -0.3 is 19.5 Å². The lowest BCUT2D eigenvalue weighted by molar-refractivity contribution is 0.768. The molecule has 11 heterocycles. The van der Waals surface area contributed by atoms with Crippen molar-refractivity contribution in [1.82, 2.24) is 94.8 Å². The van der Waals surface area contributed by atoms with E-state index in [-0.39, 0.29) is 0 Å². The van der Waals surface area contributed by atoms with Gasteiger partial charge in [0.05, 0.1) is 25.2 Å². The number of aromatic nitrogens is 19. The first kappa shape index (κ1) is 64.4. The molecule has 19 heteroatoms. The summed E-state index contributed by atoms with van der Waals surface area (Å²) in [6, 6.07) is 29.7. The fourth-order valence-corrected chi connectivity index (χ4v) is 4.49. The van der Waals surface area contributed by atoms with Crippen molar-refractivity contribution in [3.05, 3.63) is 272 Å². The molecule has 11 aromatic heterocycles. The molecule has 12 rings (SSSR count). The van der Waals surface area contributed by atoms with Crippen molar-refractivity contribution in [2.45, 2.75) is 69.2 Å². The van der Waals surface area contributed by atoms with Gasteiger partial charge in [0.25, 0.3) is 0 Å². The van der Waals surface area contributed by atoms with Crippen LogP contribution in [-0.2, 0) is 14.1 Å². The average molecular weight is 1030 g/mol. The van der Waals surface area contributed by atoms with E-state index in [1.54, 1.807) is 104 Å². The van der Waals surface area contributed by atoms with Crippen LogP contribution in [0.5, 0.6) is 0 Å². The van der Waals surface area contributed by atoms with Gasteiger partial charge in [-0.15, -0.1) is 0 Å². The number of hydrogen-bond donors (Lipinski definition) is 6. The SMILES string of the molecule is Cc1ccccc1.Cc1ccccn1.Cc1cccnc1.Cc1ccn[nH]1.Cc1ccn[nH]1.Cc1ccncc1.Cc1cn[nH]c1.Cc1cnc[nH]1.Cc1cnc[nH]1.Cc1ncc[nH]1.Cn1cccn1.Cn1ccnc1. The zero-order chi connectivity index (χ0) is 55.7. The average Bonchev–Trinajstić information content (AvgIpc) is 4.26. The molecule has 0 saturated heterocycles. The summed E-state index contributed by atoms with van der Waals surface area (Å²) in [5.41, 5.74) is 10.5. The summed E-state index contributed by atoms with van der Waals surface area (Å²) in [4.78, 5) is 35.6. The van der Waals surface area contributed by atoms with Crippen LogP contribution in [0.15, 0.2) is 215 Å². The molecule has 400 valence electrons. The highest BCUT2D eigenvalue weighted by Crippen LogP contribution is 1.93. The van der Waals surface area contributed by atoms with Crippen molar-refractivity contribution in [3.63, 3.8) is 0 Å². The summed E-state index contributed by atoms with van der Waals surface area (Å²) >= 11 is 0. The van der Waals surface area contributed by atoms with E-state index in [9.17, 15) is 0 Å². The highest BCUT2D eigenvalue weighted by molar-refractivity contribution is 5.12. The van der Waals surface area contributed by atoms with Gasteiger partial charge in [-0.2, -0.15) is 20.4 Å². The van der Waals surface area contributed by atoms with E-state index in [4.69, 9.17) is 0 Å². The molecule has 0 unspecified atom stereocenters. The zero-order valence-electron chi connectivity index (χ0n) is 46.0. The number of pyridine rings is 3. The molecule has 0 aliphatic rings. The van der Waals surface area contributed by atoms with Crippen molar-refractivity contribution >= 4 is 0 Å². The van der Waals surface area contributed by atoms with Gasteiger partial charge in [-0.05, 0) is 134 Å². The Hall–Kier alpha value is -9.65. The van der Waals surface area contributed by atoms with Crippen LogP contribution in [-0.4, -0.2) is 94.8 Å². The Bertz CT molecular complexity index is 2330. The third kappa shape index (κ3) is 42.1. The van der Waals surface area contributed by atoms with Crippen molar-refractivity contribution in [3.8, 4) is 0 Å². The second-order valence-electron chi connectivity index (χ2n) is 16.0. The van der Waals surface area contributed by atoms with Crippen molar-refractivity contribution in [1.29, 1.82) is 0 Å². The number of imidazole rings is 4. The maximum absolute atomic E-state index is 3.98. The second kappa shape index (κ2) is 44.1. The van der Waals surface area contributed by atoms with Gasteiger partial charge in [0.2, 0.25) is 0 Å². The molecule has 0 aliphatic heterocycles. The number of nitrogens with zero attached hydrogens (tertiary/aromatic N) is 13. The number of aryl methyl sites for hydroxylation is 12. The normalized spacial score (nSPS) is 8.79. The van der Waals surface area contributed by atoms with Crippen LogP contribution in [0.3, 0.4) is 0 Å². The second-order valence-corrected chi connectivity index (χ2v) is 16.0. The van der Waals surface area contributed by atoms with E-state index < -0.39 is 0 Å². The fraction of sp³-hybridized carbons (Fsp3) is 0.211. The summed E-state index contributed by atoms with van der Waals surface area (Å²) in [7, 11) is 3.83. The minimum atomic E-state index is 0.968. The molecule has 0 bridgehead atoms. The Balaban J connectivity index is 0.000000415. The quantitative estimate of drug-likeness (QED) is 0.0834. The van der Waals surface area contributed by atoms with Crippen LogP contribution in [0.4, 0.5) is 0 Å². The van der Waals surface area contributed by atoms with Crippen LogP contribution in [0.2, 0.25) is 0 Å². The maximum atomic E-state index is 3.98. The molecular weight excluding hydrogens is 951 g/mol. The molecule has 12 aromatic rings. The van der Waals surface area contributed by atoms with Gasteiger partial charge in [0.1, 0.15) is 5.82 Å². The lowest BCUT2D eigenvalue weighted by Gasteiger charge is -1.82. The molecular formula is C57H77N19. The van der Waals surface area contributed by atoms with Gasteiger partial charge in [-0.3, -0.25) is 34.9 Å². The van der Waals surface area contributed by atoms with Crippen molar-refractivity contribution in [2.24, 2.45) is 14.1 Å². The van der Waals surface area contributed by atoms with Crippen LogP contribution in [0.1, 0.15) is 56.5 Å². The lowest BCUT2D eigenvalue weighted by atomic mass is 10.2. The lowest BCUT2D eigenvalue weighted by Crippen LogP contribution is -1.83. The van der Waals surface area contributed by atoms with E-state index in [2.05, 4.69) is 105 Å². The van der Waals surface area contributed by atoms with Gasteiger partial charge in [-0.25, -0.2) is 19.9 Å². The van der Waals surface area contributed by atoms with E-state index in [1.807, 2.05) is 185 Å². The number of aromatic amines is 6. The topological polar surface area (TPSA) is 246 Å². The number of H-pyrrole nitrogens is 6. The molecule has 0 saturated carbocycles. The van der Waals surface area contributed by atoms with E-state index >= 15 is 0 Å². The standard InChI is InChI=1S/C7H8.3C6H7N.8C4H6N2/c1-7-5-3-2-4-6-7;1-6-2-4-7-5-3-6;1-6-3-2-4-7-5-6;1-6-4-2-3-5-7-6;2*1-4-2-5-3-6-4;1-4-2-5-6-3-4;1-6-3-2-5-4-6;1-6-4-2-3-5-6;1-4-5-2-3-6-4;2*1-4-2-3-5-6-4/h2-6H,1H3;3*2-5H,1H3;3*2-3H,1H3,(H,5,6);2*2-4H,1H3;3*2-3H,1H3,(H,5,6). The summed E-state index contributed by atoms with van der Waals surface area (Å²) in [5, 5.41) is 23.1. The van der Waals surface area contributed by atoms with Crippen molar-refractivity contribution in [2.75, 3.05) is 0 Å². The van der Waals surface area contributed by atoms with Gasteiger partial charge in [0, 0.05) is 142 Å². The van der Waals surface area contributed by atoms with E-state index in [0.29, 0.717) is 0 Å². The summed E-state index contributed by atoms with van der Waals surface area (Å²) in [5.74, 6) is 0.968. The van der Waals surface area contributed by atoms with Crippen molar-refractivity contribution < 1.29 is 0 Å². The molecule has 76 heavy (non-hydrogen) atoms. The van der Waals surface area contributed by atoms with Gasteiger partial charge >= 0.3 is 0 Å². The third-order valence-electron chi connectivity index (χ3n) is 8.50. The largest absolute Gasteiger partial charge is 0.349 e. The summed E-state index contributed by atoms with van der Waals surface area (Å²) in [6.45, 7) is 19.9. The molecule has 6 N–H and O–H groups in total. The Morgan fingerprint density at radius 2 is 1.01 bits per heavy atom. The highest BCUT2D eigenvalue weighted by Gasteiger charge is 1.79. The third-order valence-corrected chi connectivity index (χ3v) is 8.50. The molecule has 0 fully saturated rings. The summed E-state index contributed by atoms with van der Waals surface area (Å²) in [6.07, 6.45) is 35.5. The summed E-state index contributed by atoms with van der Waals surface area (Å²) < 4.78 is 3.64. The van der Waals surface area contributed by atoms with Gasteiger partial charge in [0.15, 0.2) is 0 Å². The Morgan fingerprint density at radius 1 is 0.395 bits per heavy atom. The number of benzene rings is 1. The maximum Gasteiger partial charge on any atom is 0.102 e. The van der Waals surface area contributed by atoms with Gasteiger partial charge in [-0.1, -0.05) is 48.0 Å². The monoisotopic (exact) mass is 1030 g/mol. The minimum absolute atomic E-state index is 0.968. The molecule has 19 nitrogen and oxygen atoms in total. The molecule has 0 radical (unpaired) electrons. The molecule has 0 spiro atoms. The van der Waals surface area contributed by atoms with E-state index in [0.717, 1.165) is 34.3 Å². The number of rotatable bonds is 0. The molecule has 0 amide bonds. The Labute approximate surface area is 448 Å². The predicted octanol–water partition coefficient (Wildman–Crippen LogP) is 11.3. The Kier molecular flexibility index (Phi) is 37.3. The van der Waals surface area contributed by atoms with Crippen LogP contribution >= 0.6 is 0 Å². The Morgan fingerprint density at radius 3 is 1.20 bits per heavy atom. The zero-order valence-corrected chi connectivity index (χ0v) is 46.0. The van der Waals surface area contributed by atoms with Crippen LogP contribution in [0, 0.1) is 69.2 Å². The minimum Gasteiger partial charge on any atom is -0.349 e. The first-order valence-electron chi connectivity index (χ1n) is 23.9. The molecule has 0 aliphatic carbocycles. The molecule has 0 atom stereocenters. The van der Waals surface area contributed by atoms with Crippen LogP contribution in [0.25, 0.3) is 0 Å². The smallest absolute Gasteiger partial charge is 0.102 e. The van der Waals surface area contributed by atoms with Crippen LogP contribution < -0.4 is 0 Å². The number of nitrogens with one attached hydrogen (secondary N) is 6.